The Hall–Kier alpha value is -3.60. The Morgan fingerprint density at radius 1 is 1.17 bits per heavy atom. The van der Waals surface area contributed by atoms with Crippen molar-refractivity contribution in [1.82, 2.24) is 30.1 Å². The summed E-state index contributed by atoms with van der Waals surface area (Å²) < 4.78 is 6.82. The maximum Gasteiger partial charge on any atom is 0.309 e. The summed E-state index contributed by atoms with van der Waals surface area (Å²) in [6.45, 7) is 4.78. The van der Waals surface area contributed by atoms with E-state index in [0.717, 1.165) is 42.9 Å². The highest BCUT2D eigenvalue weighted by molar-refractivity contribution is 6.05. The summed E-state index contributed by atoms with van der Waals surface area (Å²) in [6, 6.07) is 4.82. The average Bonchev–Trinajstić information content (AvgIpc) is 3.44. The van der Waals surface area contributed by atoms with Crippen LogP contribution in [0.3, 0.4) is 0 Å². The van der Waals surface area contributed by atoms with E-state index in [-0.39, 0.29) is 30.1 Å². The van der Waals surface area contributed by atoms with Crippen LogP contribution < -0.4 is 5.32 Å². The van der Waals surface area contributed by atoms with Gasteiger partial charge < -0.3 is 9.64 Å². The molecule has 2 fully saturated rings. The highest BCUT2D eigenvalue weighted by Crippen LogP contribution is 2.29. The predicted molar refractivity (Wildman–Crippen MR) is 122 cm³/mol. The monoisotopic (exact) mass is 480 g/mol. The van der Waals surface area contributed by atoms with Gasteiger partial charge in [0, 0.05) is 25.1 Å². The summed E-state index contributed by atoms with van der Waals surface area (Å²) in [4.78, 5) is 52.3. The van der Waals surface area contributed by atoms with Gasteiger partial charge in [0.05, 0.1) is 30.1 Å². The second-order valence-electron chi connectivity index (χ2n) is 9.20. The molecule has 2 aromatic rings. The van der Waals surface area contributed by atoms with Crippen LogP contribution in [0.15, 0.2) is 24.4 Å². The fourth-order valence-electron chi connectivity index (χ4n) is 5.02. The molecular weight excluding hydrogens is 452 g/mol. The van der Waals surface area contributed by atoms with Gasteiger partial charge in [-0.3, -0.25) is 29.4 Å². The molecule has 1 aromatic carbocycles. The number of amides is 3. The van der Waals surface area contributed by atoms with Gasteiger partial charge in [-0.15, -0.1) is 5.10 Å². The van der Waals surface area contributed by atoms with Crippen molar-refractivity contribution in [2.75, 3.05) is 19.7 Å². The number of nitrogens with one attached hydrogen (secondary N) is 1. The number of carbonyl (C=O) groups is 4. The Kier molecular flexibility index (Phi) is 6.33. The van der Waals surface area contributed by atoms with E-state index in [1.165, 1.54) is 4.90 Å². The topological polar surface area (TPSA) is 127 Å². The first-order chi connectivity index (χ1) is 16.9. The van der Waals surface area contributed by atoms with Crippen molar-refractivity contribution in [3.63, 3.8) is 0 Å². The molecule has 0 aliphatic carbocycles. The van der Waals surface area contributed by atoms with Crippen molar-refractivity contribution in [2.24, 2.45) is 5.92 Å². The van der Waals surface area contributed by atoms with Crippen LogP contribution in [0.1, 0.15) is 54.2 Å². The number of carbonyl (C=O) groups excluding carboxylic acids is 4. The highest BCUT2D eigenvalue weighted by atomic mass is 16.5. The maximum atomic E-state index is 12.9. The molecule has 2 saturated heterocycles. The predicted octanol–water partition coefficient (Wildman–Crippen LogP) is 0.803. The molecule has 5 rings (SSSR count). The standard InChI is InChI=1S/C24H28N6O5/c1-2-35-24(34)15-7-9-28(10-8-15)13-17-14-30(27-26-17)18-3-4-19-16(11-18)12-29(23(19)33)20-5-6-21(31)25-22(20)32/h3-4,11,14-15,20H,2,5-10,12-13H2,1H3,(H,25,31,32). The number of aromatic nitrogens is 3. The first-order valence-electron chi connectivity index (χ1n) is 12.0. The minimum absolute atomic E-state index is 0.0317. The van der Waals surface area contributed by atoms with Crippen LogP contribution in [0.4, 0.5) is 0 Å². The van der Waals surface area contributed by atoms with Gasteiger partial charge in [0.15, 0.2) is 0 Å². The zero-order valence-electron chi connectivity index (χ0n) is 19.6. The summed E-state index contributed by atoms with van der Waals surface area (Å²) >= 11 is 0. The van der Waals surface area contributed by atoms with Crippen molar-refractivity contribution >= 4 is 23.7 Å². The van der Waals surface area contributed by atoms with Gasteiger partial charge in [-0.05, 0) is 63.0 Å². The van der Waals surface area contributed by atoms with Crippen LogP contribution in [0, 0.1) is 5.92 Å². The van der Waals surface area contributed by atoms with Crippen molar-refractivity contribution < 1.29 is 23.9 Å². The number of hydrogen-bond acceptors (Lipinski definition) is 8. The van der Waals surface area contributed by atoms with E-state index in [9.17, 15) is 19.2 Å². The zero-order valence-corrected chi connectivity index (χ0v) is 19.6. The number of hydrogen-bond donors (Lipinski definition) is 1. The van der Waals surface area contributed by atoms with Crippen LogP contribution in [0.2, 0.25) is 0 Å². The second-order valence-corrected chi connectivity index (χ2v) is 9.20. The van der Waals surface area contributed by atoms with Gasteiger partial charge >= 0.3 is 5.97 Å². The van der Waals surface area contributed by atoms with Crippen LogP contribution in [0.5, 0.6) is 0 Å². The number of esters is 1. The van der Waals surface area contributed by atoms with Gasteiger partial charge in [0.25, 0.3) is 5.91 Å². The number of rotatable bonds is 6. The van der Waals surface area contributed by atoms with Gasteiger partial charge in [0.2, 0.25) is 11.8 Å². The summed E-state index contributed by atoms with van der Waals surface area (Å²) in [7, 11) is 0. The van der Waals surface area contributed by atoms with E-state index in [4.69, 9.17) is 4.74 Å². The summed E-state index contributed by atoms with van der Waals surface area (Å²) in [5.74, 6) is -1.07. The largest absolute Gasteiger partial charge is 0.466 e. The number of fused-ring (bicyclic) bond motifs is 1. The van der Waals surface area contributed by atoms with E-state index >= 15 is 0 Å². The first kappa shape index (κ1) is 23.2. The van der Waals surface area contributed by atoms with Gasteiger partial charge in [-0.25, -0.2) is 4.68 Å². The Morgan fingerprint density at radius 3 is 2.71 bits per heavy atom. The molecule has 0 saturated carbocycles. The van der Waals surface area contributed by atoms with Crippen LogP contribution >= 0.6 is 0 Å². The van der Waals surface area contributed by atoms with Crippen LogP contribution in [0.25, 0.3) is 5.69 Å². The molecule has 11 nitrogen and oxygen atoms in total. The van der Waals surface area contributed by atoms with Crippen molar-refractivity contribution in [1.29, 1.82) is 0 Å². The number of ether oxygens (including phenoxy) is 1. The third-order valence-corrected chi connectivity index (χ3v) is 6.91. The Balaban J connectivity index is 1.22. The number of imide groups is 1. The SMILES string of the molecule is CCOC(=O)C1CCN(Cc2cn(-c3ccc4c(c3)CN(C3CCC(=O)NC3=O)C4=O)nn2)CC1. The number of nitrogens with zero attached hydrogens (tertiary/aromatic N) is 5. The molecule has 0 radical (unpaired) electrons. The van der Waals surface area contributed by atoms with Gasteiger partial charge in [-0.1, -0.05) is 5.21 Å². The quantitative estimate of drug-likeness (QED) is 0.475. The zero-order chi connectivity index (χ0) is 24.5. The summed E-state index contributed by atoms with van der Waals surface area (Å²) in [6.07, 6.45) is 3.98. The fraction of sp³-hybridized carbons (Fsp3) is 0.500. The van der Waals surface area contributed by atoms with Crippen molar-refractivity contribution in [3.05, 3.63) is 41.2 Å². The molecule has 1 unspecified atom stereocenters. The van der Waals surface area contributed by atoms with E-state index in [1.54, 1.807) is 10.7 Å². The van der Waals surface area contributed by atoms with Crippen molar-refractivity contribution in [2.45, 2.75) is 51.7 Å². The van der Waals surface area contributed by atoms with Crippen LogP contribution in [-0.2, 0) is 32.2 Å². The van der Waals surface area contributed by atoms with E-state index < -0.39 is 11.9 Å². The molecule has 3 amide bonds. The van der Waals surface area contributed by atoms with Crippen molar-refractivity contribution in [3.8, 4) is 5.69 Å². The van der Waals surface area contributed by atoms with E-state index in [0.29, 0.717) is 31.7 Å². The number of likely N-dealkylation sites (tertiary alicyclic amines) is 1. The lowest BCUT2D eigenvalue weighted by molar-refractivity contribution is -0.149. The maximum absolute atomic E-state index is 12.9. The van der Waals surface area contributed by atoms with E-state index in [1.807, 2.05) is 25.3 Å². The van der Waals surface area contributed by atoms with Gasteiger partial charge in [0.1, 0.15) is 6.04 Å². The lowest BCUT2D eigenvalue weighted by Gasteiger charge is -2.30. The lowest BCUT2D eigenvalue weighted by Crippen LogP contribution is -2.52. The fourth-order valence-corrected chi connectivity index (χ4v) is 5.02. The lowest BCUT2D eigenvalue weighted by atomic mass is 9.97. The molecule has 184 valence electrons. The minimum atomic E-state index is -0.637. The Morgan fingerprint density at radius 2 is 1.97 bits per heavy atom. The molecule has 35 heavy (non-hydrogen) atoms. The number of piperidine rings is 2. The smallest absolute Gasteiger partial charge is 0.309 e. The third kappa shape index (κ3) is 4.68. The van der Waals surface area contributed by atoms with E-state index in [2.05, 4.69) is 20.5 Å². The molecule has 0 bridgehead atoms. The summed E-state index contributed by atoms with van der Waals surface area (Å²) in [5, 5.41) is 10.9. The molecule has 3 aliphatic heterocycles. The molecule has 1 N–H and O–H groups in total. The minimum Gasteiger partial charge on any atom is -0.466 e. The molecular formula is C24H28N6O5. The average molecular weight is 481 g/mol. The molecule has 1 aromatic heterocycles. The normalized spacial score (nSPS) is 21.2. The Labute approximate surface area is 202 Å². The third-order valence-electron chi connectivity index (χ3n) is 6.91. The first-order valence-corrected chi connectivity index (χ1v) is 12.0. The van der Waals surface area contributed by atoms with Gasteiger partial charge in [-0.2, -0.15) is 0 Å². The molecule has 4 heterocycles. The molecule has 3 aliphatic rings. The summed E-state index contributed by atoms with van der Waals surface area (Å²) in [5.41, 5.74) is 2.97. The molecule has 1 atom stereocenters. The second kappa shape index (κ2) is 9.57. The van der Waals surface area contributed by atoms with Crippen LogP contribution in [-0.4, -0.2) is 74.2 Å². The molecule has 0 spiro atoms. The highest BCUT2D eigenvalue weighted by Gasteiger charge is 2.39. The number of benzene rings is 1. The molecule has 11 heteroatoms. The Bertz CT molecular complexity index is 1170.